The summed E-state index contributed by atoms with van der Waals surface area (Å²) in [6, 6.07) is 22.0. The highest BCUT2D eigenvalue weighted by atomic mass is 15.3. The highest BCUT2D eigenvalue weighted by molar-refractivity contribution is 5.47. The zero-order valence-electron chi connectivity index (χ0n) is 17.3. The summed E-state index contributed by atoms with van der Waals surface area (Å²) in [6.07, 6.45) is 9.26. The van der Waals surface area contributed by atoms with Crippen LogP contribution in [-0.2, 0) is 13.1 Å². The first kappa shape index (κ1) is 19.5. The normalized spacial score (nSPS) is 10.8. The molecule has 0 aliphatic rings. The minimum atomic E-state index is 0.618. The average Bonchev–Trinajstić information content (AvgIpc) is 3.53. The number of benzene rings is 2. The molecule has 3 aromatic heterocycles. The molecule has 5 aromatic rings. The number of nitrogens with zero attached hydrogens (tertiary/aromatic N) is 6. The van der Waals surface area contributed by atoms with Crippen molar-refractivity contribution in [3.63, 3.8) is 0 Å². The second kappa shape index (κ2) is 9.13. The molecule has 0 saturated carbocycles. The summed E-state index contributed by atoms with van der Waals surface area (Å²) in [5.41, 5.74) is 4.19. The Morgan fingerprint density at radius 2 is 1.09 bits per heavy atom. The Morgan fingerprint density at radius 1 is 0.625 bits per heavy atom. The van der Waals surface area contributed by atoms with E-state index in [4.69, 9.17) is 0 Å². The highest BCUT2D eigenvalue weighted by Gasteiger charge is 2.04. The molecule has 8 nitrogen and oxygen atoms in total. The Bertz CT molecular complexity index is 1180. The zero-order chi connectivity index (χ0) is 21.6. The van der Waals surface area contributed by atoms with Gasteiger partial charge in [0.05, 0.1) is 23.8 Å². The van der Waals surface area contributed by atoms with Gasteiger partial charge in [-0.25, -0.2) is 19.3 Å². The van der Waals surface area contributed by atoms with Gasteiger partial charge in [0, 0.05) is 42.7 Å². The Balaban J connectivity index is 1.17. The summed E-state index contributed by atoms with van der Waals surface area (Å²) < 4.78 is 3.72. The van der Waals surface area contributed by atoms with E-state index in [1.807, 2.05) is 101 Å². The van der Waals surface area contributed by atoms with E-state index in [9.17, 15) is 0 Å². The molecule has 0 atom stereocenters. The van der Waals surface area contributed by atoms with E-state index in [2.05, 4.69) is 30.8 Å². The molecular formula is C24H22N8. The fourth-order valence-electron chi connectivity index (χ4n) is 3.28. The molecule has 32 heavy (non-hydrogen) atoms. The van der Waals surface area contributed by atoms with Crippen molar-refractivity contribution in [3.05, 3.63) is 109 Å². The largest absolute Gasteiger partial charge is 0.366 e. The first-order chi connectivity index (χ1) is 15.8. The van der Waals surface area contributed by atoms with Gasteiger partial charge in [0.15, 0.2) is 0 Å². The van der Waals surface area contributed by atoms with E-state index in [0.29, 0.717) is 13.1 Å². The Kier molecular flexibility index (Phi) is 5.56. The highest BCUT2D eigenvalue weighted by Crippen LogP contribution is 2.14. The third kappa shape index (κ3) is 4.65. The molecule has 5 rings (SSSR count). The van der Waals surface area contributed by atoms with Crippen LogP contribution in [0.2, 0.25) is 0 Å². The van der Waals surface area contributed by atoms with Gasteiger partial charge in [-0.15, -0.1) is 0 Å². The van der Waals surface area contributed by atoms with Crippen molar-refractivity contribution >= 4 is 11.6 Å². The van der Waals surface area contributed by atoms with Crippen molar-refractivity contribution < 1.29 is 0 Å². The van der Waals surface area contributed by atoms with Crippen LogP contribution in [0.25, 0.3) is 11.4 Å². The Labute approximate surface area is 185 Å². The summed E-state index contributed by atoms with van der Waals surface area (Å²) in [4.78, 5) is 8.62. The molecule has 0 saturated heterocycles. The van der Waals surface area contributed by atoms with Crippen LogP contribution in [-0.4, -0.2) is 29.5 Å². The van der Waals surface area contributed by atoms with Crippen LogP contribution < -0.4 is 10.6 Å². The van der Waals surface area contributed by atoms with Gasteiger partial charge < -0.3 is 10.6 Å². The summed E-state index contributed by atoms with van der Waals surface area (Å²) in [5.74, 6) is 1.49. The average molecular weight is 422 g/mol. The van der Waals surface area contributed by atoms with Gasteiger partial charge in [-0.1, -0.05) is 36.4 Å². The molecule has 0 fully saturated rings. The number of anilines is 2. The summed E-state index contributed by atoms with van der Waals surface area (Å²) in [7, 11) is 0. The van der Waals surface area contributed by atoms with E-state index < -0.39 is 0 Å². The molecule has 0 aliphatic carbocycles. The molecule has 0 spiro atoms. The monoisotopic (exact) mass is 422 g/mol. The van der Waals surface area contributed by atoms with Crippen LogP contribution in [0.4, 0.5) is 11.6 Å². The fourth-order valence-corrected chi connectivity index (χ4v) is 3.28. The van der Waals surface area contributed by atoms with Gasteiger partial charge in [-0.2, -0.15) is 10.2 Å². The van der Waals surface area contributed by atoms with Crippen LogP contribution in [0.1, 0.15) is 11.1 Å². The first-order valence-electron chi connectivity index (χ1n) is 10.3. The summed E-state index contributed by atoms with van der Waals surface area (Å²) in [6.45, 7) is 1.24. The van der Waals surface area contributed by atoms with Crippen molar-refractivity contribution in [2.45, 2.75) is 13.1 Å². The molecule has 2 aromatic carbocycles. The minimum Gasteiger partial charge on any atom is -0.366 e. The molecule has 0 aliphatic heterocycles. The number of rotatable bonds is 8. The SMILES string of the molecule is c1ccc(-n2cc(CNc3cc(NCc4cnn(-c5ccccc5)c4)ncn3)cn2)cc1. The quantitative estimate of drug-likeness (QED) is 0.392. The number of nitrogens with one attached hydrogen (secondary N) is 2. The molecule has 8 heteroatoms. The maximum Gasteiger partial charge on any atom is 0.131 e. The third-order valence-electron chi connectivity index (χ3n) is 4.93. The molecule has 0 bridgehead atoms. The van der Waals surface area contributed by atoms with Gasteiger partial charge in [0.1, 0.15) is 18.0 Å². The van der Waals surface area contributed by atoms with Crippen LogP contribution in [0.3, 0.4) is 0 Å². The maximum absolute atomic E-state index is 4.43. The number of hydrogen-bond acceptors (Lipinski definition) is 6. The van der Waals surface area contributed by atoms with E-state index in [-0.39, 0.29) is 0 Å². The van der Waals surface area contributed by atoms with Gasteiger partial charge >= 0.3 is 0 Å². The van der Waals surface area contributed by atoms with Crippen molar-refractivity contribution in [2.24, 2.45) is 0 Å². The molecule has 158 valence electrons. The first-order valence-corrected chi connectivity index (χ1v) is 10.3. The Hall–Kier alpha value is -4.46. The van der Waals surface area contributed by atoms with Crippen molar-refractivity contribution in [2.75, 3.05) is 10.6 Å². The predicted octanol–water partition coefficient (Wildman–Crippen LogP) is 4.07. The van der Waals surface area contributed by atoms with Crippen molar-refractivity contribution in [1.29, 1.82) is 0 Å². The predicted molar refractivity (Wildman–Crippen MR) is 124 cm³/mol. The lowest BCUT2D eigenvalue weighted by Crippen LogP contribution is -2.05. The van der Waals surface area contributed by atoms with E-state index in [1.165, 1.54) is 0 Å². The molecule has 3 heterocycles. The smallest absolute Gasteiger partial charge is 0.131 e. The lowest BCUT2D eigenvalue weighted by Gasteiger charge is -2.07. The summed E-state index contributed by atoms with van der Waals surface area (Å²) in [5, 5.41) is 15.5. The minimum absolute atomic E-state index is 0.618. The lowest BCUT2D eigenvalue weighted by molar-refractivity contribution is 0.880. The third-order valence-corrected chi connectivity index (χ3v) is 4.93. The molecule has 2 N–H and O–H groups in total. The standard InChI is InChI=1S/C24H22N8/c1-3-7-21(8-4-1)31-16-19(14-29-31)12-25-23-11-24(28-18-27-23)26-13-20-15-30-32(17-20)22-9-5-2-6-10-22/h1-11,14-18H,12-13H2,(H2,25,26,27,28). The molecular weight excluding hydrogens is 400 g/mol. The topological polar surface area (TPSA) is 85.5 Å². The van der Waals surface area contributed by atoms with Crippen LogP contribution in [0.15, 0.2) is 97.8 Å². The van der Waals surface area contributed by atoms with Gasteiger partial charge in [0.25, 0.3) is 0 Å². The molecule has 0 unspecified atom stereocenters. The van der Waals surface area contributed by atoms with Gasteiger partial charge in [-0.05, 0) is 24.3 Å². The lowest BCUT2D eigenvalue weighted by atomic mass is 10.3. The number of para-hydroxylation sites is 2. The van der Waals surface area contributed by atoms with E-state index in [1.54, 1.807) is 6.33 Å². The zero-order valence-corrected chi connectivity index (χ0v) is 17.3. The van der Waals surface area contributed by atoms with Gasteiger partial charge in [-0.3, -0.25) is 0 Å². The molecule has 0 radical (unpaired) electrons. The van der Waals surface area contributed by atoms with Crippen molar-refractivity contribution in [3.8, 4) is 11.4 Å². The van der Waals surface area contributed by atoms with E-state index in [0.717, 1.165) is 34.1 Å². The van der Waals surface area contributed by atoms with Crippen LogP contribution in [0, 0.1) is 0 Å². The molecule has 0 amide bonds. The number of aromatic nitrogens is 6. The second-order valence-electron chi connectivity index (χ2n) is 7.25. The summed E-state index contributed by atoms with van der Waals surface area (Å²) >= 11 is 0. The van der Waals surface area contributed by atoms with E-state index >= 15 is 0 Å². The Morgan fingerprint density at radius 3 is 1.56 bits per heavy atom. The van der Waals surface area contributed by atoms with Crippen molar-refractivity contribution in [1.82, 2.24) is 29.5 Å². The second-order valence-corrected chi connectivity index (χ2v) is 7.25. The van der Waals surface area contributed by atoms with Crippen LogP contribution >= 0.6 is 0 Å². The number of hydrogen-bond donors (Lipinski definition) is 2. The fraction of sp³-hybridized carbons (Fsp3) is 0.0833. The van der Waals surface area contributed by atoms with Gasteiger partial charge in [0.2, 0.25) is 0 Å². The van der Waals surface area contributed by atoms with Crippen LogP contribution in [0.5, 0.6) is 0 Å². The maximum atomic E-state index is 4.43.